The van der Waals surface area contributed by atoms with Gasteiger partial charge in [-0.3, -0.25) is 9.52 Å². The highest BCUT2D eigenvalue weighted by Gasteiger charge is 2.14. The number of carbonyl (C=O) groups is 1. The van der Waals surface area contributed by atoms with Gasteiger partial charge < -0.3 is 5.73 Å². The van der Waals surface area contributed by atoms with Crippen molar-refractivity contribution in [2.75, 3.05) is 4.72 Å². The van der Waals surface area contributed by atoms with Gasteiger partial charge in [-0.2, -0.15) is 0 Å². The lowest BCUT2D eigenvalue weighted by atomic mass is 10.2. The zero-order valence-corrected chi connectivity index (χ0v) is 11.8. The van der Waals surface area contributed by atoms with E-state index in [-0.39, 0.29) is 16.1 Å². The van der Waals surface area contributed by atoms with Gasteiger partial charge in [-0.25, -0.2) is 8.42 Å². The number of sulfonamides is 1. The first-order valence-corrected chi connectivity index (χ1v) is 7.43. The average Bonchev–Trinajstić information content (AvgIpc) is 2.39. The van der Waals surface area contributed by atoms with Crippen molar-refractivity contribution in [3.05, 3.63) is 59.1 Å². The number of hydrogen-bond donors (Lipinski definition) is 2. The molecular weight excluding hydrogens is 300 g/mol. The highest BCUT2D eigenvalue weighted by Crippen LogP contribution is 2.19. The standard InChI is InChI=1S/C13H11ClN2O3S/c14-10-4-6-12(7-5-10)20(18,19)16-11-3-1-2-9(8-11)13(15)17/h1-8,16H,(H2,15,17). The van der Waals surface area contributed by atoms with E-state index < -0.39 is 15.9 Å². The van der Waals surface area contributed by atoms with Crippen molar-refractivity contribution in [1.29, 1.82) is 0 Å². The van der Waals surface area contributed by atoms with E-state index in [0.29, 0.717) is 5.02 Å². The molecule has 0 aliphatic carbocycles. The molecule has 0 radical (unpaired) electrons. The van der Waals surface area contributed by atoms with Gasteiger partial charge in [-0.1, -0.05) is 17.7 Å². The Morgan fingerprint density at radius 2 is 1.75 bits per heavy atom. The van der Waals surface area contributed by atoms with E-state index in [2.05, 4.69) is 4.72 Å². The summed E-state index contributed by atoms with van der Waals surface area (Å²) in [6.45, 7) is 0. The van der Waals surface area contributed by atoms with Gasteiger partial charge in [0.15, 0.2) is 0 Å². The summed E-state index contributed by atoms with van der Waals surface area (Å²) in [6, 6.07) is 11.7. The fourth-order valence-electron chi connectivity index (χ4n) is 1.56. The lowest BCUT2D eigenvalue weighted by molar-refractivity contribution is 0.100. The summed E-state index contributed by atoms with van der Waals surface area (Å²) < 4.78 is 26.6. The van der Waals surface area contributed by atoms with Gasteiger partial charge in [0.05, 0.1) is 4.90 Å². The molecule has 0 aliphatic rings. The number of benzene rings is 2. The van der Waals surface area contributed by atoms with E-state index in [1.54, 1.807) is 6.07 Å². The zero-order valence-electron chi connectivity index (χ0n) is 10.2. The second-order valence-electron chi connectivity index (χ2n) is 4.00. The smallest absolute Gasteiger partial charge is 0.261 e. The van der Waals surface area contributed by atoms with Crippen LogP contribution in [0.15, 0.2) is 53.4 Å². The molecule has 0 fully saturated rings. The van der Waals surface area contributed by atoms with Gasteiger partial charge in [-0.15, -0.1) is 0 Å². The maximum atomic E-state index is 12.1. The number of hydrogen-bond acceptors (Lipinski definition) is 3. The number of rotatable bonds is 4. The Bertz CT molecular complexity index is 742. The second-order valence-corrected chi connectivity index (χ2v) is 6.12. The number of carbonyl (C=O) groups excluding carboxylic acids is 1. The summed E-state index contributed by atoms with van der Waals surface area (Å²) in [5.41, 5.74) is 5.63. The number of nitrogens with one attached hydrogen (secondary N) is 1. The average molecular weight is 311 g/mol. The van der Waals surface area contributed by atoms with E-state index in [0.717, 1.165) is 0 Å². The van der Waals surface area contributed by atoms with E-state index in [1.165, 1.54) is 42.5 Å². The highest BCUT2D eigenvalue weighted by atomic mass is 35.5. The molecule has 0 saturated carbocycles. The fourth-order valence-corrected chi connectivity index (χ4v) is 2.74. The van der Waals surface area contributed by atoms with Gasteiger partial charge >= 0.3 is 0 Å². The fraction of sp³-hybridized carbons (Fsp3) is 0. The van der Waals surface area contributed by atoms with Crippen molar-refractivity contribution in [1.82, 2.24) is 0 Å². The largest absolute Gasteiger partial charge is 0.366 e. The molecular formula is C13H11ClN2O3S. The van der Waals surface area contributed by atoms with E-state index in [1.807, 2.05) is 0 Å². The van der Waals surface area contributed by atoms with Crippen LogP contribution in [0.1, 0.15) is 10.4 Å². The Balaban J connectivity index is 2.31. The third-order valence-electron chi connectivity index (χ3n) is 2.52. The minimum Gasteiger partial charge on any atom is -0.366 e. The molecule has 0 saturated heterocycles. The van der Waals surface area contributed by atoms with Gasteiger partial charge in [-0.05, 0) is 42.5 Å². The summed E-state index contributed by atoms with van der Waals surface area (Å²) in [6.07, 6.45) is 0. The first-order chi connectivity index (χ1) is 9.38. The lowest BCUT2D eigenvalue weighted by Gasteiger charge is -2.08. The zero-order chi connectivity index (χ0) is 14.8. The highest BCUT2D eigenvalue weighted by molar-refractivity contribution is 7.92. The Labute approximate surface area is 121 Å². The molecule has 104 valence electrons. The summed E-state index contributed by atoms with van der Waals surface area (Å²) in [4.78, 5) is 11.1. The van der Waals surface area contributed by atoms with E-state index in [9.17, 15) is 13.2 Å². The molecule has 0 heterocycles. The minimum atomic E-state index is -3.73. The molecule has 2 aromatic rings. The molecule has 20 heavy (non-hydrogen) atoms. The second kappa shape index (κ2) is 5.52. The quantitative estimate of drug-likeness (QED) is 0.907. The molecule has 3 N–H and O–H groups in total. The first kappa shape index (κ1) is 14.4. The molecule has 0 unspecified atom stereocenters. The normalized spacial score (nSPS) is 11.1. The third kappa shape index (κ3) is 3.28. The molecule has 7 heteroatoms. The van der Waals surface area contributed by atoms with Gasteiger partial charge in [0, 0.05) is 16.3 Å². The first-order valence-electron chi connectivity index (χ1n) is 5.57. The van der Waals surface area contributed by atoms with Crippen molar-refractivity contribution in [2.24, 2.45) is 5.73 Å². The third-order valence-corrected chi connectivity index (χ3v) is 4.17. The molecule has 1 amide bonds. The maximum absolute atomic E-state index is 12.1. The minimum absolute atomic E-state index is 0.0754. The van der Waals surface area contributed by atoms with Crippen molar-refractivity contribution >= 4 is 33.2 Å². The van der Waals surface area contributed by atoms with Crippen LogP contribution in [0.2, 0.25) is 5.02 Å². The van der Waals surface area contributed by atoms with Gasteiger partial charge in [0.25, 0.3) is 10.0 Å². The van der Waals surface area contributed by atoms with Crippen molar-refractivity contribution in [3.8, 4) is 0 Å². The molecule has 0 spiro atoms. The summed E-state index contributed by atoms with van der Waals surface area (Å²) in [5, 5.41) is 0.444. The van der Waals surface area contributed by atoms with Crippen LogP contribution in [-0.4, -0.2) is 14.3 Å². The van der Waals surface area contributed by atoms with Crippen LogP contribution in [0.3, 0.4) is 0 Å². The van der Waals surface area contributed by atoms with Crippen molar-refractivity contribution in [3.63, 3.8) is 0 Å². The Hall–Kier alpha value is -2.05. The number of nitrogens with two attached hydrogens (primary N) is 1. The topological polar surface area (TPSA) is 89.3 Å². The van der Waals surface area contributed by atoms with Gasteiger partial charge in [0.1, 0.15) is 0 Å². The number of anilines is 1. The number of amides is 1. The van der Waals surface area contributed by atoms with Crippen LogP contribution in [-0.2, 0) is 10.0 Å². The summed E-state index contributed by atoms with van der Waals surface area (Å²) >= 11 is 5.71. The molecule has 0 aliphatic heterocycles. The Kier molecular flexibility index (Phi) is 3.96. The van der Waals surface area contributed by atoms with E-state index >= 15 is 0 Å². The van der Waals surface area contributed by atoms with Crippen LogP contribution in [0.5, 0.6) is 0 Å². The summed E-state index contributed by atoms with van der Waals surface area (Å²) in [5.74, 6) is -0.627. The van der Waals surface area contributed by atoms with Crippen molar-refractivity contribution < 1.29 is 13.2 Å². The van der Waals surface area contributed by atoms with E-state index in [4.69, 9.17) is 17.3 Å². The monoisotopic (exact) mass is 310 g/mol. The molecule has 0 bridgehead atoms. The van der Waals surface area contributed by atoms with Crippen LogP contribution in [0.4, 0.5) is 5.69 Å². The SMILES string of the molecule is NC(=O)c1cccc(NS(=O)(=O)c2ccc(Cl)cc2)c1. The van der Waals surface area contributed by atoms with Gasteiger partial charge in [0.2, 0.25) is 5.91 Å². The molecule has 5 nitrogen and oxygen atoms in total. The van der Waals surface area contributed by atoms with Crippen LogP contribution in [0.25, 0.3) is 0 Å². The van der Waals surface area contributed by atoms with Crippen LogP contribution >= 0.6 is 11.6 Å². The number of halogens is 1. The van der Waals surface area contributed by atoms with Crippen molar-refractivity contribution in [2.45, 2.75) is 4.90 Å². The van der Waals surface area contributed by atoms with Crippen LogP contribution < -0.4 is 10.5 Å². The Morgan fingerprint density at radius 3 is 2.35 bits per heavy atom. The lowest BCUT2D eigenvalue weighted by Crippen LogP contribution is -2.15. The maximum Gasteiger partial charge on any atom is 0.261 e. The molecule has 0 atom stereocenters. The Morgan fingerprint density at radius 1 is 1.10 bits per heavy atom. The molecule has 2 rings (SSSR count). The number of primary amides is 1. The molecule has 0 aromatic heterocycles. The predicted molar refractivity (Wildman–Crippen MR) is 77.2 cm³/mol. The van der Waals surface area contributed by atoms with Crippen LogP contribution in [0, 0.1) is 0 Å². The summed E-state index contributed by atoms with van der Waals surface area (Å²) in [7, 11) is -3.73. The predicted octanol–water partition coefficient (Wildman–Crippen LogP) is 2.24. The molecule has 2 aromatic carbocycles.